The van der Waals surface area contributed by atoms with Crippen LogP contribution in [-0.2, 0) is 13.7 Å². The molecule has 134 valence electrons. The number of carbonyl (C=O) groups excluding carboxylic acids is 1. The van der Waals surface area contributed by atoms with E-state index in [2.05, 4.69) is 5.10 Å². The third-order valence-electron chi connectivity index (χ3n) is 4.09. The van der Waals surface area contributed by atoms with E-state index in [1.165, 1.54) is 6.08 Å². The summed E-state index contributed by atoms with van der Waals surface area (Å²) in [5.41, 5.74) is 2.36. The molecule has 0 spiro atoms. The van der Waals surface area contributed by atoms with Crippen LogP contribution in [0.5, 0.6) is 5.75 Å². The SMILES string of the molecule is Cc1cc(OCc2ccc(/C=C/C(=O)c3cnn(C)c3C)o2)ccc1Cl. The van der Waals surface area contributed by atoms with Crippen molar-refractivity contribution < 1.29 is 13.9 Å². The van der Waals surface area contributed by atoms with Crippen molar-refractivity contribution in [1.82, 2.24) is 9.78 Å². The molecule has 0 atom stereocenters. The predicted octanol–water partition coefficient (Wildman–Crippen LogP) is 4.76. The van der Waals surface area contributed by atoms with Crippen molar-refractivity contribution in [3.05, 3.63) is 76.0 Å². The Morgan fingerprint density at radius 2 is 2.12 bits per heavy atom. The summed E-state index contributed by atoms with van der Waals surface area (Å²) in [6, 6.07) is 9.11. The van der Waals surface area contributed by atoms with E-state index in [1.807, 2.05) is 32.0 Å². The van der Waals surface area contributed by atoms with Gasteiger partial charge >= 0.3 is 0 Å². The minimum Gasteiger partial charge on any atom is -0.486 e. The molecule has 1 aromatic carbocycles. The van der Waals surface area contributed by atoms with E-state index in [9.17, 15) is 4.79 Å². The van der Waals surface area contributed by atoms with Crippen LogP contribution in [0, 0.1) is 13.8 Å². The largest absolute Gasteiger partial charge is 0.486 e. The summed E-state index contributed by atoms with van der Waals surface area (Å²) in [6.45, 7) is 4.07. The van der Waals surface area contributed by atoms with Gasteiger partial charge in [-0.2, -0.15) is 5.10 Å². The quantitative estimate of drug-likeness (QED) is 0.463. The van der Waals surface area contributed by atoms with Crippen LogP contribution in [0.15, 0.2) is 47.0 Å². The van der Waals surface area contributed by atoms with Gasteiger partial charge in [0.25, 0.3) is 0 Å². The number of nitrogens with zero attached hydrogens (tertiary/aromatic N) is 2. The van der Waals surface area contributed by atoms with E-state index in [-0.39, 0.29) is 5.78 Å². The predicted molar refractivity (Wildman–Crippen MR) is 101 cm³/mol. The highest BCUT2D eigenvalue weighted by molar-refractivity contribution is 6.31. The third-order valence-corrected chi connectivity index (χ3v) is 4.52. The maximum absolute atomic E-state index is 12.2. The minimum atomic E-state index is -0.110. The van der Waals surface area contributed by atoms with Crippen LogP contribution in [0.4, 0.5) is 0 Å². The van der Waals surface area contributed by atoms with Crippen LogP contribution in [-0.4, -0.2) is 15.6 Å². The third kappa shape index (κ3) is 4.06. The molecule has 2 aromatic heterocycles. The number of hydrogen-bond donors (Lipinski definition) is 0. The van der Waals surface area contributed by atoms with Gasteiger partial charge in [0.1, 0.15) is 23.9 Å². The molecule has 26 heavy (non-hydrogen) atoms. The zero-order valence-corrected chi connectivity index (χ0v) is 15.6. The first-order valence-corrected chi connectivity index (χ1v) is 8.50. The van der Waals surface area contributed by atoms with Crippen molar-refractivity contribution in [1.29, 1.82) is 0 Å². The van der Waals surface area contributed by atoms with E-state index in [0.29, 0.717) is 28.7 Å². The van der Waals surface area contributed by atoms with Crippen LogP contribution in [0.3, 0.4) is 0 Å². The highest BCUT2D eigenvalue weighted by Crippen LogP contribution is 2.22. The Labute approximate surface area is 156 Å². The first kappa shape index (κ1) is 18.0. The number of furan rings is 1. The molecule has 0 aliphatic carbocycles. The second kappa shape index (κ2) is 7.62. The standard InChI is InChI=1S/C20H19ClN2O3/c1-13-10-16(6-8-19(13)21)25-12-17-5-4-15(26-17)7-9-20(24)18-11-22-23(3)14(18)2/h4-11H,12H2,1-3H3/b9-7+. The molecular formula is C20H19ClN2O3. The Morgan fingerprint density at radius 3 is 2.81 bits per heavy atom. The van der Waals surface area contributed by atoms with Crippen molar-refractivity contribution in [3.63, 3.8) is 0 Å². The maximum atomic E-state index is 12.2. The number of aromatic nitrogens is 2. The molecule has 0 amide bonds. The maximum Gasteiger partial charge on any atom is 0.189 e. The van der Waals surface area contributed by atoms with Gasteiger partial charge in [0.2, 0.25) is 0 Å². The lowest BCUT2D eigenvalue weighted by molar-refractivity contribution is 0.104. The highest BCUT2D eigenvalue weighted by Gasteiger charge is 2.10. The number of ether oxygens (including phenoxy) is 1. The van der Waals surface area contributed by atoms with Crippen molar-refractivity contribution in [3.8, 4) is 5.75 Å². The Hall–Kier alpha value is -2.79. The normalized spacial score (nSPS) is 11.2. The molecule has 6 heteroatoms. The summed E-state index contributed by atoms with van der Waals surface area (Å²) >= 11 is 6.00. The average molecular weight is 371 g/mol. The molecule has 0 saturated heterocycles. The van der Waals surface area contributed by atoms with Crippen molar-refractivity contribution in [2.45, 2.75) is 20.5 Å². The molecule has 0 aliphatic rings. The molecule has 0 N–H and O–H groups in total. The van der Waals surface area contributed by atoms with Crippen molar-refractivity contribution >= 4 is 23.5 Å². The molecule has 5 nitrogen and oxygen atoms in total. The fraction of sp³-hybridized carbons (Fsp3) is 0.200. The summed E-state index contributed by atoms with van der Waals surface area (Å²) in [5, 5.41) is 4.78. The van der Waals surface area contributed by atoms with Crippen LogP contribution in [0.25, 0.3) is 6.08 Å². The zero-order chi connectivity index (χ0) is 18.7. The van der Waals surface area contributed by atoms with E-state index >= 15 is 0 Å². The monoisotopic (exact) mass is 370 g/mol. The van der Waals surface area contributed by atoms with E-state index in [0.717, 1.165) is 17.0 Å². The lowest BCUT2D eigenvalue weighted by Crippen LogP contribution is -1.98. The molecule has 0 fully saturated rings. The van der Waals surface area contributed by atoms with Gasteiger partial charge in [0.05, 0.1) is 11.8 Å². The number of aryl methyl sites for hydroxylation is 2. The summed E-state index contributed by atoms with van der Waals surface area (Å²) in [4.78, 5) is 12.2. The molecule has 0 bridgehead atoms. The fourth-order valence-electron chi connectivity index (χ4n) is 2.41. The summed E-state index contributed by atoms with van der Waals surface area (Å²) in [7, 11) is 1.80. The summed E-state index contributed by atoms with van der Waals surface area (Å²) in [5.74, 6) is 1.87. The molecule has 3 rings (SSSR count). The van der Waals surface area contributed by atoms with Gasteiger partial charge in [-0.3, -0.25) is 9.48 Å². The van der Waals surface area contributed by atoms with Crippen LogP contribution in [0.1, 0.15) is 33.1 Å². The number of hydrogen-bond acceptors (Lipinski definition) is 4. The second-order valence-corrected chi connectivity index (χ2v) is 6.38. The van der Waals surface area contributed by atoms with Crippen molar-refractivity contribution in [2.24, 2.45) is 7.05 Å². The molecule has 0 unspecified atom stereocenters. The van der Waals surface area contributed by atoms with Crippen molar-refractivity contribution in [2.75, 3.05) is 0 Å². The van der Waals surface area contributed by atoms with Crippen LogP contribution < -0.4 is 4.74 Å². The zero-order valence-electron chi connectivity index (χ0n) is 14.8. The Balaban J connectivity index is 1.61. The highest BCUT2D eigenvalue weighted by atomic mass is 35.5. The molecule has 0 aliphatic heterocycles. The smallest absolute Gasteiger partial charge is 0.189 e. The minimum absolute atomic E-state index is 0.110. The molecular weight excluding hydrogens is 352 g/mol. The number of ketones is 1. The second-order valence-electron chi connectivity index (χ2n) is 5.97. The molecule has 3 aromatic rings. The molecule has 2 heterocycles. The summed E-state index contributed by atoms with van der Waals surface area (Å²) in [6.07, 6.45) is 4.69. The average Bonchev–Trinajstić information content (AvgIpc) is 3.21. The van der Waals surface area contributed by atoms with Gasteiger partial charge in [-0.25, -0.2) is 0 Å². The molecule has 0 radical (unpaired) electrons. The molecule has 0 saturated carbocycles. The first-order chi connectivity index (χ1) is 12.4. The number of carbonyl (C=O) groups is 1. The van der Waals surface area contributed by atoms with E-state index < -0.39 is 0 Å². The summed E-state index contributed by atoms with van der Waals surface area (Å²) < 4.78 is 13.0. The fourth-order valence-corrected chi connectivity index (χ4v) is 2.53. The Kier molecular flexibility index (Phi) is 5.28. The van der Waals surface area contributed by atoms with Crippen LogP contribution >= 0.6 is 11.6 Å². The van der Waals surface area contributed by atoms with Gasteiger partial charge in [-0.1, -0.05) is 11.6 Å². The Morgan fingerprint density at radius 1 is 1.31 bits per heavy atom. The van der Waals surface area contributed by atoms with Crippen LogP contribution in [0.2, 0.25) is 5.02 Å². The number of benzene rings is 1. The van der Waals surface area contributed by atoms with Gasteiger partial charge in [0, 0.05) is 17.8 Å². The van der Waals surface area contributed by atoms with Gasteiger partial charge in [0.15, 0.2) is 5.78 Å². The van der Waals surface area contributed by atoms with E-state index in [1.54, 1.807) is 36.1 Å². The van der Waals surface area contributed by atoms with Gasteiger partial charge in [-0.15, -0.1) is 0 Å². The topological polar surface area (TPSA) is 57.3 Å². The number of rotatable bonds is 6. The first-order valence-electron chi connectivity index (χ1n) is 8.12. The number of halogens is 1. The lowest BCUT2D eigenvalue weighted by Gasteiger charge is -2.05. The lowest BCUT2D eigenvalue weighted by atomic mass is 10.1. The Bertz CT molecular complexity index is 969. The van der Waals surface area contributed by atoms with Gasteiger partial charge < -0.3 is 9.15 Å². The number of allylic oxidation sites excluding steroid dienone is 1. The van der Waals surface area contributed by atoms with E-state index in [4.69, 9.17) is 20.8 Å². The van der Waals surface area contributed by atoms with Gasteiger partial charge in [-0.05, 0) is 61.9 Å².